The Bertz CT molecular complexity index is 2000. The van der Waals surface area contributed by atoms with Gasteiger partial charge >= 0.3 is 0 Å². The van der Waals surface area contributed by atoms with Crippen LogP contribution in [0.2, 0.25) is 0 Å². The van der Waals surface area contributed by atoms with Crippen LogP contribution in [-0.4, -0.2) is 0 Å². The first-order valence-corrected chi connectivity index (χ1v) is 14.2. The van der Waals surface area contributed by atoms with Gasteiger partial charge in [-0.2, -0.15) is 0 Å². The maximum Gasteiger partial charge on any atom is -0.000139 e. The van der Waals surface area contributed by atoms with E-state index in [9.17, 15) is 0 Å². The van der Waals surface area contributed by atoms with Crippen LogP contribution >= 0.6 is 0 Å². The molecule has 0 saturated carbocycles. The summed E-state index contributed by atoms with van der Waals surface area (Å²) in [6.07, 6.45) is 9.81. The lowest BCUT2D eigenvalue weighted by Gasteiger charge is -2.26. The topological polar surface area (TPSA) is 0 Å². The van der Waals surface area contributed by atoms with Crippen molar-refractivity contribution in [2.75, 3.05) is 0 Å². The van der Waals surface area contributed by atoms with E-state index in [0.29, 0.717) is 0 Å². The second kappa shape index (κ2) is 11.6. The third kappa shape index (κ3) is 4.35. The first-order chi connectivity index (χ1) is 20.7. The predicted octanol–water partition coefficient (Wildman–Crippen LogP) is 12.0. The lowest BCUT2D eigenvalue weighted by atomic mass is 9.76. The van der Waals surface area contributed by atoms with Crippen LogP contribution in [0.15, 0.2) is 160 Å². The van der Waals surface area contributed by atoms with Crippen LogP contribution < -0.4 is 0 Å². The fourth-order valence-electron chi connectivity index (χ4n) is 6.30. The predicted molar refractivity (Wildman–Crippen MR) is 186 cm³/mol. The van der Waals surface area contributed by atoms with Gasteiger partial charge in [0, 0.05) is 0 Å². The molecule has 0 heterocycles. The monoisotopic (exact) mass is 536 g/mol. The van der Waals surface area contributed by atoms with Crippen molar-refractivity contribution in [3.63, 3.8) is 0 Å². The Labute approximate surface area is 248 Å². The molecule has 6 rings (SSSR count). The Morgan fingerprint density at radius 1 is 0.452 bits per heavy atom. The summed E-state index contributed by atoms with van der Waals surface area (Å²) in [5.41, 5.74) is 11.1. The molecule has 0 N–H and O–H groups in total. The van der Waals surface area contributed by atoms with Gasteiger partial charge in [0.2, 0.25) is 0 Å². The van der Waals surface area contributed by atoms with E-state index < -0.39 is 0 Å². The molecule has 0 aliphatic carbocycles. The van der Waals surface area contributed by atoms with E-state index in [1.165, 1.54) is 16.3 Å². The Morgan fingerprint density at radius 2 is 0.881 bits per heavy atom. The molecule has 0 heteroatoms. The summed E-state index contributed by atoms with van der Waals surface area (Å²) in [5, 5.41) is 4.68. The molecule has 0 spiro atoms. The Kier molecular flexibility index (Phi) is 7.37. The fraction of sp³-hybridized carbons (Fsp3) is 0. The molecule has 0 saturated heterocycles. The van der Waals surface area contributed by atoms with E-state index in [1.54, 1.807) is 0 Å². The van der Waals surface area contributed by atoms with Crippen LogP contribution in [0.5, 0.6) is 0 Å². The van der Waals surface area contributed by atoms with Gasteiger partial charge in [-0.05, 0) is 77.2 Å². The zero-order valence-electron chi connectivity index (χ0n) is 23.7. The molecule has 0 amide bonds. The lowest BCUT2D eigenvalue weighted by Crippen LogP contribution is -2.02. The van der Waals surface area contributed by atoms with Crippen molar-refractivity contribution >= 4 is 39.3 Å². The molecule has 6 aromatic carbocycles. The molecule has 0 aliphatic rings. The van der Waals surface area contributed by atoms with Gasteiger partial charge in [0.25, 0.3) is 0 Å². The maximum absolute atomic E-state index is 4.35. The van der Waals surface area contributed by atoms with Gasteiger partial charge in [-0.25, -0.2) is 0 Å². The van der Waals surface area contributed by atoms with Gasteiger partial charge in [-0.1, -0.05) is 172 Å². The number of hydrogen-bond donors (Lipinski definition) is 0. The zero-order valence-corrected chi connectivity index (χ0v) is 23.7. The molecule has 0 aromatic heterocycles. The van der Waals surface area contributed by atoms with Crippen LogP contribution in [0.25, 0.3) is 72.7 Å². The van der Waals surface area contributed by atoms with Crippen molar-refractivity contribution in [3.05, 3.63) is 176 Å². The molecule has 0 radical (unpaired) electrons. The van der Waals surface area contributed by atoms with E-state index in [2.05, 4.69) is 148 Å². The van der Waals surface area contributed by atoms with Gasteiger partial charge in [0.1, 0.15) is 0 Å². The highest BCUT2D eigenvalue weighted by Crippen LogP contribution is 2.52. The van der Waals surface area contributed by atoms with Crippen molar-refractivity contribution in [3.8, 4) is 33.4 Å². The number of allylic oxidation sites excluding steroid dienone is 4. The van der Waals surface area contributed by atoms with Crippen molar-refractivity contribution < 1.29 is 0 Å². The van der Waals surface area contributed by atoms with Gasteiger partial charge in [0.15, 0.2) is 0 Å². The first-order valence-electron chi connectivity index (χ1n) is 14.2. The standard InChI is InChI=1S/C42H32/c1-5-20-29(6-2)37-35-27-18-19-28-36(35)40(32-25-16-11-17-26-32)42-39(31-23-14-10-15-24-31)34(8-4)33(7-3)38(41(37)42)30-21-12-9-13-22-30/h5-28H,1-4H2/b29-20+. The average molecular weight is 537 g/mol. The maximum atomic E-state index is 4.35. The third-order valence-electron chi connectivity index (χ3n) is 7.95. The van der Waals surface area contributed by atoms with Crippen LogP contribution in [0.1, 0.15) is 16.7 Å². The van der Waals surface area contributed by atoms with E-state index in [4.69, 9.17) is 0 Å². The molecule has 0 fully saturated rings. The summed E-state index contributed by atoms with van der Waals surface area (Å²) in [5.74, 6) is 0. The van der Waals surface area contributed by atoms with Gasteiger partial charge < -0.3 is 0 Å². The minimum absolute atomic E-state index is 1.02. The quantitative estimate of drug-likeness (QED) is 0.134. The lowest BCUT2D eigenvalue weighted by molar-refractivity contribution is 1.57. The van der Waals surface area contributed by atoms with Crippen LogP contribution in [0.4, 0.5) is 0 Å². The molecule has 0 bridgehead atoms. The van der Waals surface area contributed by atoms with Crippen molar-refractivity contribution in [1.82, 2.24) is 0 Å². The van der Waals surface area contributed by atoms with Crippen molar-refractivity contribution in [2.45, 2.75) is 0 Å². The second-order valence-corrected chi connectivity index (χ2v) is 10.2. The molecule has 0 nitrogen and oxygen atoms in total. The molecule has 0 aliphatic heterocycles. The van der Waals surface area contributed by atoms with Crippen LogP contribution in [0.3, 0.4) is 0 Å². The van der Waals surface area contributed by atoms with Crippen LogP contribution in [-0.2, 0) is 0 Å². The van der Waals surface area contributed by atoms with E-state index in [1.807, 2.05) is 24.3 Å². The Balaban J connectivity index is 2.08. The SMILES string of the molecule is C=C/C=C(\C=C)c1c2ccccc2c(-c2ccccc2)c2c(-c3ccccc3)c(C=C)c(C=C)c(-c3ccccc3)c12. The normalized spacial score (nSPS) is 11.4. The van der Waals surface area contributed by atoms with Gasteiger partial charge in [-0.3, -0.25) is 0 Å². The summed E-state index contributed by atoms with van der Waals surface area (Å²) >= 11 is 0. The summed E-state index contributed by atoms with van der Waals surface area (Å²) in [7, 11) is 0. The summed E-state index contributed by atoms with van der Waals surface area (Å²) in [6.45, 7) is 17.0. The molecule has 0 atom stereocenters. The first kappa shape index (κ1) is 26.7. The van der Waals surface area contributed by atoms with Gasteiger partial charge in [0.05, 0.1) is 0 Å². The second-order valence-electron chi connectivity index (χ2n) is 10.2. The third-order valence-corrected chi connectivity index (χ3v) is 7.95. The minimum atomic E-state index is 1.02. The highest BCUT2D eigenvalue weighted by atomic mass is 14.3. The molecular weight excluding hydrogens is 504 g/mol. The van der Waals surface area contributed by atoms with E-state index in [0.717, 1.165) is 60.9 Å². The molecular formula is C42H32. The average Bonchev–Trinajstić information content (AvgIpc) is 3.06. The molecule has 0 unspecified atom stereocenters. The fourth-order valence-corrected chi connectivity index (χ4v) is 6.30. The number of rotatable bonds is 8. The summed E-state index contributed by atoms with van der Waals surface area (Å²) < 4.78 is 0. The summed E-state index contributed by atoms with van der Waals surface area (Å²) in [4.78, 5) is 0. The molecule has 6 aromatic rings. The van der Waals surface area contributed by atoms with E-state index in [-0.39, 0.29) is 0 Å². The number of benzene rings is 6. The van der Waals surface area contributed by atoms with Crippen molar-refractivity contribution in [1.29, 1.82) is 0 Å². The molecule has 42 heavy (non-hydrogen) atoms. The minimum Gasteiger partial charge on any atom is -0.0990 e. The largest absolute Gasteiger partial charge is 0.0990 e. The smallest absolute Gasteiger partial charge is 0.000139 e. The Morgan fingerprint density at radius 3 is 1.33 bits per heavy atom. The molecule has 200 valence electrons. The Hall–Kier alpha value is -5.46. The highest BCUT2D eigenvalue weighted by molar-refractivity contribution is 6.28. The zero-order chi connectivity index (χ0) is 29.1. The number of fused-ring (bicyclic) bond motifs is 2. The van der Waals surface area contributed by atoms with Crippen LogP contribution in [0, 0.1) is 0 Å². The number of hydrogen-bond acceptors (Lipinski definition) is 0. The summed E-state index contributed by atoms with van der Waals surface area (Å²) in [6, 6.07) is 40.7. The van der Waals surface area contributed by atoms with E-state index >= 15 is 0 Å². The van der Waals surface area contributed by atoms with Gasteiger partial charge in [-0.15, -0.1) is 0 Å². The van der Waals surface area contributed by atoms with Crippen molar-refractivity contribution in [2.24, 2.45) is 0 Å². The highest BCUT2D eigenvalue weighted by Gasteiger charge is 2.26.